The Kier molecular flexibility index (Phi) is 4.92. The van der Waals surface area contributed by atoms with Crippen LogP contribution in [0.15, 0.2) is 56.0 Å². The molecule has 3 aliphatic rings. The third-order valence-corrected chi connectivity index (χ3v) is 5.29. The van der Waals surface area contributed by atoms with Crippen LogP contribution < -0.4 is 5.32 Å². The molecule has 4 heterocycles. The Labute approximate surface area is 166 Å². The topological polar surface area (TPSA) is 68.5 Å². The Hall–Kier alpha value is -1.98. The van der Waals surface area contributed by atoms with E-state index in [0.29, 0.717) is 12.4 Å². The number of rotatable bonds is 3. The van der Waals surface area contributed by atoms with Gasteiger partial charge in [0.1, 0.15) is 9.61 Å². The van der Waals surface area contributed by atoms with Gasteiger partial charge in [0.25, 0.3) is 0 Å². The second kappa shape index (κ2) is 7.33. The average molecular weight is 454 g/mol. The second-order valence-corrected chi connectivity index (χ2v) is 7.69. The molecule has 1 aromatic heterocycles. The largest absolute Gasteiger partial charge is 0.330 e. The molecule has 7 nitrogen and oxygen atoms in total. The number of hydrogen-bond acceptors (Lipinski definition) is 8. The molecule has 0 saturated heterocycles. The molecular weight excluding hydrogens is 441 g/mol. The highest BCUT2D eigenvalue weighted by Crippen LogP contribution is 2.29. The van der Waals surface area contributed by atoms with Gasteiger partial charge in [0.15, 0.2) is 24.0 Å². The maximum atomic E-state index is 12.6. The van der Waals surface area contributed by atoms with E-state index in [1.807, 2.05) is 36.2 Å². The van der Waals surface area contributed by atoms with E-state index in [4.69, 9.17) is 0 Å². The summed E-state index contributed by atoms with van der Waals surface area (Å²) in [6.07, 6.45) is 9.13. The Morgan fingerprint density at radius 1 is 1.50 bits per heavy atom. The third kappa shape index (κ3) is 3.46. The third-order valence-electron chi connectivity index (χ3n) is 3.75. The van der Waals surface area contributed by atoms with E-state index in [0.717, 1.165) is 31.2 Å². The highest BCUT2D eigenvalue weighted by molar-refractivity contribution is 9.11. The van der Waals surface area contributed by atoms with Gasteiger partial charge in [-0.15, -0.1) is 3.89 Å². The SMILES string of the molecule is Cc1cc(/N=C2\NC(Br)=CN3C(C4C=CN(SF)N=C4)=CCN=C23)sn1. The van der Waals surface area contributed by atoms with E-state index >= 15 is 0 Å². The van der Waals surface area contributed by atoms with Crippen molar-refractivity contribution in [3.8, 4) is 0 Å². The lowest BCUT2D eigenvalue weighted by molar-refractivity contribution is 0.581. The van der Waals surface area contributed by atoms with Crippen molar-refractivity contribution in [3.05, 3.63) is 46.6 Å². The van der Waals surface area contributed by atoms with Gasteiger partial charge in [0.2, 0.25) is 0 Å². The van der Waals surface area contributed by atoms with Crippen molar-refractivity contribution in [2.75, 3.05) is 6.54 Å². The monoisotopic (exact) mass is 453 g/mol. The number of allylic oxidation sites excluding steroid dienone is 1. The van der Waals surface area contributed by atoms with Crippen molar-refractivity contribution in [1.82, 2.24) is 19.0 Å². The van der Waals surface area contributed by atoms with Crippen molar-refractivity contribution in [2.24, 2.45) is 21.0 Å². The van der Waals surface area contributed by atoms with Gasteiger partial charge in [-0.25, -0.2) is 4.99 Å². The first-order valence-electron chi connectivity index (χ1n) is 7.65. The Balaban J connectivity index is 1.64. The van der Waals surface area contributed by atoms with Gasteiger partial charge in [-0.3, -0.25) is 9.89 Å². The number of halogens is 2. The zero-order chi connectivity index (χ0) is 18.1. The summed E-state index contributed by atoms with van der Waals surface area (Å²) >= 11 is 4.90. The first kappa shape index (κ1) is 17.4. The van der Waals surface area contributed by atoms with Crippen LogP contribution in [0.5, 0.6) is 0 Å². The highest BCUT2D eigenvalue weighted by atomic mass is 79.9. The minimum Gasteiger partial charge on any atom is -0.330 e. The summed E-state index contributed by atoms with van der Waals surface area (Å²) < 4.78 is 18.8. The van der Waals surface area contributed by atoms with Crippen LogP contribution in [-0.2, 0) is 0 Å². The van der Waals surface area contributed by atoms with Crippen molar-refractivity contribution < 1.29 is 3.89 Å². The van der Waals surface area contributed by atoms with E-state index in [1.165, 1.54) is 11.5 Å². The normalized spacial score (nSPS) is 23.4. The molecule has 0 amide bonds. The zero-order valence-electron chi connectivity index (χ0n) is 13.5. The van der Waals surface area contributed by atoms with Gasteiger partial charge in [0, 0.05) is 24.3 Å². The van der Waals surface area contributed by atoms with E-state index in [9.17, 15) is 3.89 Å². The quantitative estimate of drug-likeness (QED) is 0.556. The van der Waals surface area contributed by atoms with Crippen LogP contribution >= 0.6 is 39.8 Å². The number of amidine groups is 2. The number of aryl methyl sites for hydroxylation is 1. The van der Waals surface area contributed by atoms with Gasteiger partial charge in [-0.1, -0.05) is 6.08 Å². The molecule has 1 unspecified atom stereocenters. The fourth-order valence-corrected chi connectivity index (χ4v) is 3.90. The van der Waals surface area contributed by atoms with Crippen LogP contribution in [0.3, 0.4) is 0 Å². The molecule has 1 atom stereocenters. The van der Waals surface area contributed by atoms with Crippen molar-refractivity contribution in [1.29, 1.82) is 0 Å². The molecule has 11 heteroatoms. The fourth-order valence-electron chi connectivity index (χ4n) is 2.66. The number of aromatic nitrogens is 1. The van der Waals surface area contributed by atoms with Gasteiger partial charge in [0.05, 0.1) is 18.2 Å². The molecule has 0 aliphatic carbocycles. The summed E-state index contributed by atoms with van der Waals surface area (Å²) in [6.45, 7) is 2.47. The standard InChI is InChI=1S/C15H13BrFN7S2/c1-9-6-13(25-22-9)21-14-15-18-4-2-11(23(15)8-12(16)20-14)10-3-5-24(26-17)19-7-10/h2-3,5-8,10H,4H2,1H3,(H,20,21). The lowest BCUT2D eigenvalue weighted by Gasteiger charge is -2.35. The summed E-state index contributed by atoms with van der Waals surface area (Å²) in [6, 6.07) is 1.93. The Morgan fingerprint density at radius 3 is 3.08 bits per heavy atom. The number of aliphatic imine (C=N–C) groups is 2. The molecule has 0 radical (unpaired) electrons. The molecule has 0 bridgehead atoms. The number of hydrazone groups is 1. The summed E-state index contributed by atoms with van der Waals surface area (Å²) in [5.41, 5.74) is 1.92. The molecular formula is C15H13BrFN7S2. The first-order chi connectivity index (χ1) is 12.6. The van der Waals surface area contributed by atoms with Gasteiger partial charge < -0.3 is 5.32 Å². The molecule has 0 fully saturated rings. The minimum atomic E-state index is -0.0783. The smallest absolute Gasteiger partial charge is 0.187 e. The molecule has 134 valence electrons. The summed E-state index contributed by atoms with van der Waals surface area (Å²) in [5, 5.41) is 8.08. The molecule has 3 aliphatic heterocycles. The maximum absolute atomic E-state index is 12.6. The molecule has 1 aromatic rings. The van der Waals surface area contributed by atoms with Crippen molar-refractivity contribution >= 4 is 62.7 Å². The van der Waals surface area contributed by atoms with Gasteiger partial charge >= 0.3 is 0 Å². The van der Waals surface area contributed by atoms with Crippen LogP contribution in [0.4, 0.5) is 8.89 Å². The van der Waals surface area contributed by atoms with E-state index in [2.05, 4.69) is 40.7 Å². The maximum Gasteiger partial charge on any atom is 0.187 e. The lowest BCUT2D eigenvalue weighted by Crippen LogP contribution is -2.46. The van der Waals surface area contributed by atoms with Crippen LogP contribution in [0.2, 0.25) is 0 Å². The van der Waals surface area contributed by atoms with Gasteiger partial charge in [-0.2, -0.15) is 13.9 Å². The first-order valence-corrected chi connectivity index (χ1v) is 9.89. The summed E-state index contributed by atoms with van der Waals surface area (Å²) in [4.78, 5) is 11.2. The molecule has 0 saturated carbocycles. The highest BCUT2D eigenvalue weighted by Gasteiger charge is 2.30. The van der Waals surface area contributed by atoms with Gasteiger partial charge in [-0.05, 0) is 46.5 Å². The number of fused-ring (bicyclic) bond motifs is 1. The predicted molar refractivity (Wildman–Crippen MR) is 108 cm³/mol. The van der Waals surface area contributed by atoms with E-state index in [1.54, 1.807) is 12.4 Å². The second-order valence-electron chi connectivity index (χ2n) is 5.54. The average Bonchev–Trinajstić information content (AvgIpc) is 3.06. The van der Waals surface area contributed by atoms with Crippen LogP contribution in [-0.4, -0.2) is 38.1 Å². The molecule has 4 rings (SSSR count). The Bertz CT molecular complexity index is 888. The van der Waals surface area contributed by atoms with Crippen LogP contribution in [0.1, 0.15) is 5.69 Å². The van der Waals surface area contributed by atoms with E-state index in [-0.39, 0.29) is 18.3 Å². The molecule has 0 aromatic carbocycles. The molecule has 0 spiro atoms. The van der Waals surface area contributed by atoms with Crippen molar-refractivity contribution in [3.63, 3.8) is 0 Å². The number of nitrogens with one attached hydrogen (secondary N) is 1. The summed E-state index contributed by atoms with van der Waals surface area (Å²) in [7, 11) is 0. The van der Waals surface area contributed by atoms with Crippen LogP contribution in [0.25, 0.3) is 0 Å². The minimum absolute atomic E-state index is 0.0597. The lowest BCUT2D eigenvalue weighted by atomic mass is 10.0. The van der Waals surface area contributed by atoms with E-state index < -0.39 is 0 Å². The zero-order valence-corrected chi connectivity index (χ0v) is 16.7. The predicted octanol–water partition coefficient (Wildman–Crippen LogP) is 3.84. The molecule has 26 heavy (non-hydrogen) atoms. The van der Waals surface area contributed by atoms with Crippen LogP contribution in [0, 0.1) is 12.8 Å². The van der Waals surface area contributed by atoms with Crippen molar-refractivity contribution in [2.45, 2.75) is 6.92 Å². The summed E-state index contributed by atoms with van der Waals surface area (Å²) in [5.74, 6) is 1.29. The fraction of sp³-hybridized carbons (Fsp3) is 0.200. The number of nitrogens with zero attached hydrogens (tertiary/aromatic N) is 6. The number of hydrogen-bond donors (Lipinski definition) is 1. The molecule has 1 N–H and O–H groups in total. The Morgan fingerprint density at radius 2 is 2.38 bits per heavy atom.